The Kier molecular flexibility index (Phi) is 5.78. The third-order valence-electron chi connectivity index (χ3n) is 4.17. The highest BCUT2D eigenvalue weighted by Crippen LogP contribution is 2.20. The second kappa shape index (κ2) is 8.99. The Bertz CT molecular complexity index is 1050. The molecule has 0 aliphatic carbocycles. The standard InChI is InChI=1S/C22H20N4O3/c27-21(16-28-13-14-29-19-5-2-1-3-6-19)24-18-9-7-17(8-10-18)20-15-26-12-4-11-23-22(26)25-20/h1-12,15H,13-14,16H2,(H,24,27). The number of rotatable bonds is 8. The van der Waals surface area contributed by atoms with Gasteiger partial charge in [-0.15, -0.1) is 0 Å². The molecule has 29 heavy (non-hydrogen) atoms. The van der Waals surface area contributed by atoms with E-state index in [1.807, 2.05) is 77.5 Å². The van der Waals surface area contributed by atoms with Gasteiger partial charge in [-0.25, -0.2) is 9.97 Å². The number of nitrogens with zero attached hydrogens (tertiary/aromatic N) is 3. The van der Waals surface area contributed by atoms with Gasteiger partial charge in [-0.3, -0.25) is 9.20 Å². The first kappa shape index (κ1) is 18.6. The number of carbonyl (C=O) groups excluding carboxylic acids is 1. The monoisotopic (exact) mass is 388 g/mol. The van der Waals surface area contributed by atoms with Crippen LogP contribution in [0, 0.1) is 0 Å². The Labute approximate surface area is 168 Å². The molecule has 0 fully saturated rings. The van der Waals surface area contributed by atoms with E-state index in [1.165, 1.54) is 0 Å². The number of hydrogen-bond donors (Lipinski definition) is 1. The Balaban J connectivity index is 1.23. The van der Waals surface area contributed by atoms with Gasteiger partial charge < -0.3 is 14.8 Å². The summed E-state index contributed by atoms with van der Waals surface area (Å²) in [5.74, 6) is 1.21. The van der Waals surface area contributed by atoms with Crippen LogP contribution < -0.4 is 10.1 Å². The van der Waals surface area contributed by atoms with Gasteiger partial charge in [0.25, 0.3) is 0 Å². The van der Waals surface area contributed by atoms with Gasteiger partial charge >= 0.3 is 0 Å². The molecular formula is C22H20N4O3. The summed E-state index contributed by atoms with van der Waals surface area (Å²) in [5.41, 5.74) is 2.47. The lowest BCUT2D eigenvalue weighted by Crippen LogP contribution is -2.20. The molecule has 0 bridgehead atoms. The van der Waals surface area contributed by atoms with Crippen LogP contribution in [-0.4, -0.2) is 40.1 Å². The molecule has 2 heterocycles. The number of amides is 1. The van der Waals surface area contributed by atoms with E-state index in [1.54, 1.807) is 6.20 Å². The first-order chi connectivity index (χ1) is 14.3. The van der Waals surface area contributed by atoms with Crippen LogP contribution in [0.4, 0.5) is 5.69 Å². The summed E-state index contributed by atoms with van der Waals surface area (Å²) in [5, 5.41) is 2.81. The minimum atomic E-state index is -0.214. The maximum atomic E-state index is 12.0. The summed E-state index contributed by atoms with van der Waals surface area (Å²) in [7, 11) is 0. The van der Waals surface area contributed by atoms with Crippen molar-refractivity contribution in [2.45, 2.75) is 0 Å². The fourth-order valence-electron chi connectivity index (χ4n) is 2.79. The van der Waals surface area contributed by atoms with Crippen molar-refractivity contribution in [1.29, 1.82) is 0 Å². The number of fused-ring (bicyclic) bond motifs is 1. The van der Waals surface area contributed by atoms with Crippen LogP contribution in [0.15, 0.2) is 79.3 Å². The molecule has 0 spiro atoms. The van der Waals surface area contributed by atoms with Gasteiger partial charge in [-0.1, -0.05) is 30.3 Å². The van der Waals surface area contributed by atoms with Crippen LogP contribution in [0.2, 0.25) is 0 Å². The maximum Gasteiger partial charge on any atom is 0.250 e. The van der Waals surface area contributed by atoms with Crippen molar-refractivity contribution in [3.8, 4) is 17.0 Å². The SMILES string of the molecule is O=C(COCCOc1ccccc1)Nc1ccc(-c2cn3cccnc3n2)cc1. The molecule has 0 radical (unpaired) electrons. The third kappa shape index (κ3) is 4.97. The first-order valence-corrected chi connectivity index (χ1v) is 9.23. The normalized spacial score (nSPS) is 10.8. The van der Waals surface area contributed by atoms with E-state index in [0.717, 1.165) is 17.0 Å². The highest BCUT2D eigenvalue weighted by Gasteiger charge is 2.06. The fourth-order valence-corrected chi connectivity index (χ4v) is 2.79. The Morgan fingerprint density at radius 1 is 1.00 bits per heavy atom. The van der Waals surface area contributed by atoms with Crippen LogP contribution in [0.3, 0.4) is 0 Å². The number of benzene rings is 2. The van der Waals surface area contributed by atoms with Gasteiger partial charge in [0.05, 0.1) is 12.3 Å². The summed E-state index contributed by atoms with van der Waals surface area (Å²) in [6.07, 6.45) is 5.53. The summed E-state index contributed by atoms with van der Waals surface area (Å²) in [6.45, 7) is 0.695. The van der Waals surface area contributed by atoms with Gasteiger partial charge in [0.1, 0.15) is 19.0 Å². The second-order valence-electron chi connectivity index (χ2n) is 6.29. The molecule has 4 rings (SSSR count). The van der Waals surface area contributed by atoms with E-state index in [0.29, 0.717) is 24.7 Å². The van der Waals surface area contributed by atoms with E-state index in [9.17, 15) is 4.79 Å². The fraction of sp³-hybridized carbons (Fsp3) is 0.136. The van der Waals surface area contributed by atoms with Crippen molar-refractivity contribution in [1.82, 2.24) is 14.4 Å². The average Bonchev–Trinajstić information content (AvgIpc) is 3.19. The molecule has 0 aliphatic heterocycles. The zero-order valence-corrected chi connectivity index (χ0v) is 15.7. The molecular weight excluding hydrogens is 368 g/mol. The molecule has 0 aliphatic rings. The zero-order chi connectivity index (χ0) is 19.9. The Hall–Kier alpha value is -3.71. The Morgan fingerprint density at radius 3 is 2.62 bits per heavy atom. The molecule has 0 saturated heterocycles. The summed E-state index contributed by atoms with van der Waals surface area (Å²) in [6, 6.07) is 18.8. The molecule has 4 aromatic rings. The summed E-state index contributed by atoms with van der Waals surface area (Å²) >= 11 is 0. The van der Waals surface area contributed by atoms with Crippen molar-refractivity contribution >= 4 is 17.4 Å². The van der Waals surface area contributed by atoms with Gasteiger partial charge in [0.15, 0.2) is 0 Å². The molecule has 7 heteroatoms. The predicted octanol–water partition coefficient (Wildman–Crippen LogP) is 3.43. The number of hydrogen-bond acceptors (Lipinski definition) is 5. The minimum absolute atomic E-state index is 0.0298. The van der Waals surface area contributed by atoms with E-state index in [4.69, 9.17) is 9.47 Å². The van der Waals surface area contributed by atoms with Crippen molar-refractivity contribution < 1.29 is 14.3 Å². The number of anilines is 1. The highest BCUT2D eigenvalue weighted by atomic mass is 16.5. The number of nitrogens with one attached hydrogen (secondary N) is 1. The molecule has 1 amide bonds. The molecule has 7 nitrogen and oxygen atoms in total. The van der Waals surface area contributed by atoms with Gasteiger partial charge in [-0.2, -0.15) is 0 Å². The van der Waals surface area contributed by atoms with Crippen LogP contribution in [0.1, 0.15) is 0 Å². The average molecular weight is 388 g/mol. The largest absolute Gasteiger partial charge is 0.491 e. The van der Waals surface area contributed by atoms with Crippen LogP contribution in [0.5, 0.6) is 5.75 Å². The summed E-state index contributed by atoms with van der Waals surface area (Å²) in [4.78, 5) is 20.7. The van der Waals surface area contributed by atoms with Crippen molar-refractivity contribution in [3.63, 3.8) is 0 Å². The topological polar surface area (TPSA) is 77.8 Å². The number of ether oxygens (including phenoxy) is 2. The van der Waals surface area contributed by atoms with Crippen LogP contribution in [-0.2, 0) is 9.53 Å². The zero-order valence-electron chi connectivity index (χ0n) is 15.7. The van der Waals surface area contributed by atoms with Crippen LogP contribution in [0.25, 0.3) is 17.0 Å². The molecule has 146 valence electrons. The lowest BCUT2D eigenvalue weighted by atomic mass is 10.1. The van der Waals surface area contributed by atoms with Gasteiger partial charge in [0.2, 0.25) is 11.7 Å². The van der Waals surface area contributed by atoms with E-state index < -0.39 is 0 Å². The second-order valence-corrected chi connectivity index (χ2v) is 6.29. The van der Waals surface area contributed by atoms with Gasteiger partial charge in [0, 0.05) is 29.8 Å². The lowest BCUT2D eigenvalue weighted by molar-refractivity contribution is -0.120. The first-order valence-electron chi connectivity index (χ1n) is 9.23. The molecule has 0 unspecified atom stereocenters. The minimum Gasteiger partial charge on any atom is -0.491 e. The Morgan fingerprint density at radius 2 is 1.83 bits per heavy atom. The van der Waals surface area contributed by atoms with Crippen molar-refractivity contribution in [2.24, 2.45) is 0 Å². The van der Waals surface area contributed by atoms with E-state index in [-0.39, 0.29) is 12.5 Å². The maximum absolute atomic E-state index is 12.0. The van der Waals surface area contributed by atoms with Crippen molar-refractivity contribution in [3.05, 3.63) is 79.3 Å². The third-order valence-corrected chi connectivity index (χ3v) is 4.17. The van der Waals surface area contributed by atoms with Crippen LogP contribution >= 0.6 is 0 Å². The van der Waals surface area contributed by atoms with E-state index in [2.05, 4.69) is 15.3 Å². The molecule has 0 atom stereocenters. The number of imidazole rings is 1. The molecule has 2 aromatic carbocycles. The number of para-hydroxylation sites is 1. The highest BCUT2D eigenvalue weighted by molar-refractivity contribution is 5.91. The van der Waals surface area contributed by atoms with E-state index >= 15 is 0 Å². The lowest BCUT2D eigenvalue weighted by Gasteiger charge is -2.08. The molecule has 1 N–H and O–H groups in total. The van der Waals surface area contributed by atoms with Crippen molar-refractivity contribution in [2.75, 3.05) is 25.1 Å². The number of carbonyl (C=O) groups is 1. The number of aromatic nitrogens is 3. The molecule has 0 saturated carbocycles. The quantitative estimate of drug-likeness (QED) is 0.468. The summed E-state index contributed by atoms with van der Waals surface area (Å²) < 4.78 is 12.7. The smallest absolute Gasteiger partial charge is 0.250 e. The predicted molar refractivity (Wildman–Crippen MR) is 110 cm³/mol. The van der Waals surface area contributed by atoms with Gasteiger partial charge in [-0.05, 0) is 30.3 Å². The molecule has 2 aromatic heterocycles.